The normalized spacial score (nSPS) is 17.9. The van der Waals surface area contributed by atoms with Crippen molar-refractivity contribution >= 4 is 21.6 Å². The highest BCUT2D eigenvalue weighted by Crippen LogP contribution is 2.31. The number of pyridine rings is 1. The van der Waals surface area contributed by atoms with Crippen LogP contribution in [0.15, 0.2) is 23.2 Å². The molecule has 1 aromatic heterocycles. The summed E-state index contributed by atoms with van der Waals surface area (Å²) in [6.45, 7) is 2.71. The Morgan fingerprint density at radius 3 is 2.68 bits per heavy atom. The van der Waals surface area contributed by atoms with Gasteiger partial charge in [-0.15, -0.1) is 0 Å². The maximum absolute atomic E-state index is 11.7. The van der Waals surface area contributed by atoms with Gasteiger partial charge < -0.3 is 10.0 Å². The van der Waals surface area contributed by atoms with Crippen molar-refractivity contribution in [1.29, 1.82) is 0 Å². The molecule has 1 atom stereocenters. The summed E-state index contributed by atoms with van der Waals surface area (Å²) in [6.07, 6.45) is 2.68. The number of aromatic nitrogens is 1. The van der Waals surface area contributed by atoms with Crippen LogP contribution >= 0.6 is 0 Å². The average molecular weight is 284 g/mol. The summed E-state index contributed by atoms with van der Waals surface area (Å²) >= 11 is 0. The van der Waals surface area contributed by atoms with Gasteiger partial charge in [0.2, 0.25) is 0 Å². The topological polar surface area (TPSA) is 87.6 Å². The SMILES string of the molecule is CC(C(=O)O)C1CN(c2ncccc2S(C)(=O)=O)C1. The third kappa shape index (κ3) is 2.70. The molecule has 1 unspecified atom stereocenters. The van der Waals surface area contributed by atoms with Crippen LogP contribution < -0.4 is 4.90 Å². The summed E-state index contributed by atoms with van der Waals surface area (Å²) in [5.74, 6) is -0.804. The molecule has 1 N–H and O–H groups in total. The lowest BCUT2D eigenvalue weighted by molar-refractivity contribution is -0.143. The summed E-state index contributed by atoms with van der Waals surface area (Å²) < 4.78 is 23.3. The highest BCUT2D eigenvalue weighted by atomic mass is 32.2. The van der Waals surface area contributed by atoms with E-state index in [4.69, 9.17) is 5.11 Å². The predicted molar refractivity (Wildman–Crippen MR) is 69.8 cm³/mol. The van der Waals surface area contributed by atoms with Crippen LogP contribution in [0.4, 0.5) is 5.82 Å². The molecule has 0 saturated carbocycles. The van der Waals surface area contributed by atoms with Gasteiger partial charge in [0.15, 0.2) is 9.84 Å². The molecule has 0 amide bonds. The molecule has 7 heteroatoms. The molecular weight excluding hydrogens is 268 g/mol. The zero-order chi connectivity index (χ0) is 14.2. The van der Waals surface area contributed by atoms with Crippen LogP contribution in [0.3, 0.4) is 0 Å². The average Bonchev–Trinajstić information content (AvgIpc) is 2.26. The molecule has 1 aromatic rings. The molecule has 0 radical (unpaired) electrons. The quantitative estimate of drug-likeness (QED) is 0.873. The molecule has 19 heavy (non-hydrogen) atoms. The van der Waals surface area contributed by atoms with E-state index in [1.807, 2.05) is 0 Å². The number of carboxylic acids is 1. The lowest BCUT2D eigenvalue weighted by atomic mass is 9.87. The van der Waals surface area contributed by atoms with E-state index in [0.29, 0.717) is 18.9 Å². The summed E-state index contributed by atoms with van der Waals surface area (Å²) in [6, 6.07) is 3.10. The van der Waals surface area contributed by atoms with Gasteiger partial charge in [-0.1, -0.05) is 6.92 Å². The fraction of sp³-hybridized carbons (Fsp3) is 0.500. The first-order valence-electron chi connectivity index (χ1n) is 5.93. The minimum Gasteiger partial charge on any atom is -0.481 e. The Hall–Kier alpha value is -1.63. The maximum atomic E-state index is 11.7. The second-order valence-electron chi connectivity index (χ2n) is 4.89. The van der Waals surface area contributed by atoms with Crippen LogP contribution in [-0.4, -0.2) is 43.8 Å². The van der Waals surface area contributed by atoms with E-state index in [2.05, 4.69) is 4.98 Å². The van der Waals surface area contributed by atoms with Gasteiger partial charge >= 0.3 is 5.97 Å². The van der Waals surface area contributed by atoms with Gasteiger partial charge in [0.25, 0.3) is 0 Å². The van der Waals surface area contributed by atoms with E-state index in [-0.39, 0.29) is 10.8 Å². The van der Waals surface area contributed by atoms with Gasteiger partial charge in [-0.05, 0) is 12.1 Å². The molecule has 0 aromatic carbocycles. The Kier molecular flexibility index (Phi) is 3.49. The Bertz CT molecular complexity index is 594. The lowest BCUT2D eigenvalue weighted by Gasteiger charge is -2.42. The second kappa shape index (κ2) is 4.80. The monoisotopic (exact) mass is 284 g/mol. The molecule has 0 aliphatic carbocycles. The van der Waals surface area contributed by atoms with Gasteiger partial charge in [0.1, 0.15) is 10.7 Å². The van der Waals surface area contributed by atoms with E-state index in [0.717, 1.165) is 6.26 Å². The van der Waals surface area contributed by atoms with Crippen molar-refractivity contribution in [3.63, 3.8) is 0 Å². The molecule has 6 nitrogen and oxygen atoms in total. The molecule has 2 heterocycles. The van der Waals surface area contributed by atoms with Crippen molar-refractivity contribution in [2.45, 2.75) is 11.8 Å². The van der Waals surface area contributed by atoms with E-state index >= 15 is 0 Å². The summed E-state index contributed by atoms with van der Waals surface area (Å²) in [5, 5.41) is 8.93. The van der Waals surface area contributed by atoms with Gasteiger partial charge in [-0.2, -0.15) is 0 Å². The number of hydrogen-bond acceptors (Lipinski definition) is 5. The fourth-order valence-electron chi connectivity index (χ4n) is 2.11. The maximum Gasteiger partial charge on any atom is 0.306 e. The van der Waals surface area contributed by atoms with Crippen molar-refractivity contribution in [2.24, 2.45) is 11.8 Å². The minimum absolute atomic E-state index is 0.0342. The largest absolute Gasteiger partial charge is 0.481 e. The van der Waals surface area contributed by atoms with Gasteiger partial charge in [-0.25, -0.2) is 13.4 Å². The Morgan fingerprint density at radius 2 is 2.16 bits per heavy atom. The molecule has 104 valence electrons. The third-order valence-electron chi connectivity index (χ3n) is 3.46. The number of carboxylic acid groups (broad SMARTS) is 1. The summed E-state index contributed by atoms with van der Waals surface area (Å²) in [7, 11) is -3.33. The first-order chi connectivity index (χ1) is 8.80. The molecular formula is C12H16N2O4S. The first-order valence-corrected chi connectivity index (χ1v) is 7.82. The van der Waals surface area contributed by atoms with E-state index < -0.39 is 21.7 Å². The first kappa shape index (κ1) is 13.8. The second-order valence-corrected chi connectivity index (χ2v) is 6.87. The summed E-state index contributed by atoms with van der Waals surface area (Å²) in [5.41, 5.74) is 0. The molecule has 1 saturated heterocycles. The van der Waals surface area contributed by atoms with E-state index in [1.165, 1.54) is 12.3 Å². The number of anilines is 1. The summed E-state index contributed by atoms with van der Waals surface area (Å²) in [4.78, 5) is 17.0. The van der Waals surface area contributed by atoms with Crippen LogP contribution in [-0.2, 0) is 14.6 Å². The Labute approximate surface area is 112 Å². The standard InChI is InChI=1S/C12H16N2O4S/c1-8(12(15)16)9-6-14(7-9)11-10(19(2,17)18)4-3-5-13-11/h3-5,8-9H,6-7H2,1-2H3,(H,15,16). The Balaban J connectivity index is 2.17. The molecule has 0 bridgehead atoms. The number of sulfone groups is 1. The van der Waals surface area contributed by atoms with Gasteiger partial charge in [0.05, 0.1) is 5.92 Å². The van der Waals surface area contributed by atoms with E-state index in [9.17, 15) is 13.2 Å². The number of hydrogen-bond donors (Lipinski definition) is 1. The van der Waals surface area contributed by atoms with Crippen molar-refractivity contribution in [1.82, 2.24) is 4.98 Å². The van der Waals surface area contributed by atoms with Crippen LogP contribution in [0, 0.1) is 11.8 Å². The number of carbonyl (C=O) groups is 1. The fourth-order valence-corrected chi connectivity index (χ4v) is 2.95. The van der Waals surface area contributed by atoms with Crippen molar-refractivity contribution in [3.8, 4) is 0 Å². The molecule has 1 aliphatic heterocycles. The molecule has 1 aliphatic rings. The van der Waals surface area contributed by atoms with Gasteiger partial charge in [-0.3, -0.25) is 4.79 Å². The van der Waals surface area contributed by atoms with Crippen LogP contribution in [0.2, 0.25) is 0 Å². The van der Waals surface area contributed by atoms with Crippen molar-refractivity contribution < 1.29 is 18.3 Å². The number of rotatable bonds is 4. The van der Waals surface area contributed by atoms with E-state index in [1.54, 1.807) is 17.9 Å². The van der Waals surface area contributed by atoms with Crippen LogP contribution in [0.1, 0.15) is 6.92 Å². The van der Waals surface area contributed by atoms with Crippen molar-refractivity contribution in [2.75, 3.05) is 24.2 Å². The van der Waals surface area contributed by atoms with Crippen LogP contribution in [0.5, 0.6) is 0 Å². The highest BCUT2D eigenvalue weighted by molar-refractivity contribution is 7.90. The highest BCUT2D eigenvalue weighted by Gasteiger charge is 2.36. The Morgan fingerprint density at radius 1 is 1.53 bits per heavy atom. The third-order valence-corrected chi connectivity index (χ3v) is 4.57. The van der Waals surface area contributed by atoms with Gasteiger partial charge in [0, 0.05) is 31.5 Å². The molecule has 1 fully saturated rings. The lowest BCUT2D eigenvalue weighted by Crippen LogP contribution is -2.51. The number of nitrogens with zero attached hydrogens (tertiary/aromatic N) is 2. The van der Waals surface area contributed by atoms with Crippen molar-refractivity contribution in [3.05, 3.63) is 18.3 Å². The zero-order valence-corrected chi connectivity index (χ0v) is 11.6. The smallest absolute Gasteiger partial charge is 0.306 e. The van der Waals surface area contributed by atoms with Crippen LogP contribution in [0.25, 0.3) is 0 Å². The molecule has 2 rings (SSSR count). The molecule has 0 spiro atoms. The number of aliphatic carboxylic acids is 1. The zero-order valence-electron chi connectivity index (χ0n) is 10.8. The minimum atomic E-state index is -3.33. The predicted octanol–water partition coefficient (Wildman–Crippen LogP) is 0.642.